The van der Waals surface area contributed by atoms with Crippen molar-refractivity contribution in [2.24, 2.45) is 0 Å². The van der Waals surface area contributed by atoms with Crippen molar-refractivity contribution in [1.82, 2.24) is 0 Å². The molecule has 3 rings (SSSR count). The highest BCUT2D eigenvalue weighted by Crippen LogP contribution is 2.33. The average Bonchev–Trinajstić information content (AvgIpc) is 3.05. The molecule has 0 heterocycles. The molecule has 0 saturated heterocycles. The van der Waals surface area contributed by atoms with Crippen molar-refractivity contribution in [3.8, 4) is 11.5 Å². The van der Waals surface area contributed by atoms with E-state index in [1.807, 2.05) is 0 Å². The van der Waals surface area contributed by atoms with Crippen LogP contribution in [0.1, 0.15) is 117 Å². The van der Waals surface area contributed by atoms with E-state index in [9.17, 15) is 0 Å². The van der Waals surface area contributed by atoms with Gasteiger partial charge in [0.15, 0.2) is 14.7 Å². The monoisotopic (exact) mass is 636 g/mol. The summed E-state index contributed by atoms with van der Waals surface area (Å²) in [7, 11) is -0.170. The van der Waals surface area contributed by atoms with Crippen LogP contribution in [0.15, 0.2) is 93.5 Å². The van der Waals surface area contributed by atoms with Crippen molar-refractivity contribution < 1.29 is 24.5 Å². The van der Waals surface area contributed by atoms with Gasteiger partial charge in [0.2, 0.25) is 6.16 Å². The molecule has 0 bridgehead atoms. The SMILES string of the molecule is CCCCCCCCCCOc1ccc([S+](c2ccccc2)c2ccc(OCCCCCCCCCC)cc2)cc1.O=C([O-])O. The Hall–Kier alpha value is -3.12. The smallest absolute Gasteiger partial charge is 0.249 e. The molecule has 0 aliphatic heterocycles. The summed E-state index contributed by atoms with van der Waals surface area (Å²) >= 11 is 0. The number of unbranched alkanes of at least 4 members (excludes halogenated alkanes) is 14. The zero-order chi connectivity index (χ0) is 32.4. The molecule has 3 aromatic carbocycles. The Labute approximate surface area is 275 Å². The molecular formula is C39H56O5S. The summed E-state index contributed by atoms with van der Waals surface area (Å²) in [4.78, 5) is 12.4. The van der Waals surface area contributed by atoms with Crippen LogP contribution >= 0.6 is 0 Å². The van der Waals surface area contributed by atoms with Gasteiger partial charge in [-0.05, 0) is 73.5 Å². The topological polar surface area (TPSA) is 78.8 Å². The molecule has 6 heteroatoms. The first-order valence-corrected chi connectivity index (χ1v) is 18.4. The van der Waals surface area contributed by atoms with Crippen LogP contribution < -0.4 is 14.6 Å². The van der Waals surface area contributed by atoms with Gasteiger partial charge in [-0.25, -0.2) is 0 Å². The lowest BCUT2D eigenvalue weighted by atomic mass is 10.1. The Morgan fingerprint density at radius 3 is 1.20 bits per heavy atom. The molecule has 0 atom stereocenters. The maximum atomic E-state index is 8.44. The lowest BCUT2D eigenvalue weighted by Crippen LogP contribution is -2.17. The van der Waals surface area contributed by atoms with Gasteiger partial charge >= 0.3 is 0 Å². The number of carboxylic acid groups (broad SMARTS) is 2. The largest absolute Gasteiger partial charge is 0.565 e. The second-order valence-corrected chi connectivity index (χ2v) is 13.5. The third-order valence-corrected chi connectivity index (χ3v) is 9.86. The van der Waals surface area contributed by atoms with Crippen molar-refractivity contribution in [2.45, 2.75) is 131 Å². The van der Waals surface area contributed by atoms with Crippen molar-refractivity contribution in [3.05, 3.63) is 78.9 Å². The maximum absolute atomic E-state index is 8.44. The molecule has 0 fully saturated rings. The van der Waals surface area contributed by atoms with Crippen LogP contribution in [0.3, 0.4) is 0 Å². The Morgan fingerprint density at radius 2 is 0.844 bits per heavy atom. The highest BCUT2D eigenvalue weighted by Gasteiger charge is 2.28. The molecule has 0 unspecified atom stereocenters. The number of hydrogen-bond donors (Lipinski definition) is 1. The number of hydrogen-bond acceptors (Lipinski definition) is 4. The molecule has 248 valence electrons. The van der Waals surface area contributed by atoms with Crippen LogP contribution in [-0.4, -0.2) is 24.5 Å². The van der Waals surface area contributed by atoms with Crippen LogP contribution in [0.5, 0.6) is 11.5 Å². The lowest BCUT2D eigenvalue weighted by molar-refractivity contribution is -0.275. The molecule has 0 spiro atoms. The van der Waals surface area contributed by atoms with Gasteiger partial charge in [0.25, 0.3) is 0 Å². The van der Waals surface area contributed by atoms with E-state index in [1.165, 1.54) is 105 Å². The van der Waals surface area contributed by atoms with Gasteiger partial charge in [0, 0.05) is 0 Å². The van der Waals surface area contributed by atoms with E-state index in [2.05, 4.69) is 92.7 Å². The summed E-state index contributed by atoms with van der Waals surface area (Å²) in [6, 6.07) is 28.4. The molecule has 3 aromatic rings. The molecule has 0 aromatic heterocycles. The van der Waals surface area contributed by atoms with Crippen molar-refractivity contribution in [3.63, 3.8) is 0 Å². The van der Waals surface area contributed by atoms with Gasteiger partial charge in [-0.2, -0.15) is 0 Å². The predicted octanol–water partition coefficient (Wildman–Crippen LogP) is 10.7. The van der Waals surface area contributed by atoms with Crippen LogP contribution in [0, 0.1) is 0 Å². The first-order valence-electron chi connectivity index (χ1n) is 17.2. The van der Waals surface area contributed by atoms with Gasteiger partial charge in [-0.3, -0.25) is 0 Å². The van der Waals surface area contributed by atoms with E-state index in [4.69, 9.17) is 24.5 Å². The first-order chi connectivity index (χ1) is 22.0. The van der Waals surface area contributed by atoms with Gasteiger partial charge in [-0.15, -0.1) is 0 Å². The van der Waals surface area contributed by atoms with Crippen molar-refractivity contribution in [1.29, 1.82) is 0 Å². The fourth-order valence-electron chi connectivity index (χ4n) is 5.16. The molecule has 0 aliphatic carbocycles. The Kier molecular flexibility index (Phi) is 21.2. The molecule has 0 radical (unpaired) electrons. The van der Waals surface area contributed by atoms with Gasteiger partial charge < -0.3 is 24.5 Å². The van der Waals surface area contributed by atoms with E-state index in [1.54, 1.807) is 0 Å². The predicted molar refractivity (Wildman–Crippen MR) is 186 cm³/mol. The minimum absolute atomic E-state index is 0.170. The molecule has 0 aliphatic rings. The summed E-state index contributed by atoms with van der Waals surface area (Å²) in [5, 5.41) is 15.3. The zero-order valence-corrected chi connectivity index (χ0v) is 28.5. The summed E-state index contributed by atoms with van der Waals surface area (Å²) in [5.41, 5.74) is 0. The second-order valence-electron chi connectivity index (χ2n) is 11.5. The Morgan fingerprint density at radius 1 is 0.533 bits per heavy atom. The molecule has 0 amide bonds. The molecule has 45 heavy (non-hydrogen) atoms. The third-order valence-electron chi connectivity index (χ3n) is 7.63. The highest BCUT2D eigenvalue weighted by atomic mass is 32.2. The van der Waals surface area contributed by atoms with Crippen molar-refractivity contribution in [2.75, 3.05) is 13.2 Å². The fourth-order valence-corrected chi connectivity index (χ4v) is 7.22. The summed E-state index contributed by atoms with van der Waals surface area (Å²) in [6.07, 6.45) is 19.0. The van der Waals surface area contributed by atoms with Gasteiger partial charge in [0.05, 0.1) is 24.1 Å². The number of rotatable bonds is 23. The Bertz CT molecular complexity index is 1050. The van der Waals surface area contributed by atoms with E-state index in [0.29, 0.717) is 0 Å². The van der Waals surface area contributed by atoms with E-state index in [-0.39, 0.29) is 10.9 Å². The van der Waals surface area contributed by atoms with Crippen LogP contribution in [0.2, 0.25) is 0 Å². The van der Waals surface area contributed by atoms with E-state index < -0.39 is 6.16 Å². The Balaban J connectivity index is 0.00000166. The standard InChI is InChI=1S/C38H55O2S.CH2O3/c1-3-5-7-9-11-13-15-20-32-39-34-24-28-37(29-25-34)41(36-22-18-17-19-23-36)38-30-26-35(27-31-38)40-33-21-16-14-12-10-8-6-4-2;2-1(3)4/h17-19,22-31H,3-16,20-21,32-33H2,1-2H3;(H2,2,3,4)/q+1;/p-1. The van der Waals surface area contributed by atoms with Crippen LogP contribution in [0.4, 0.5) is 4.79 Å². The second kappa shape index (κ2) is 25.1. The average molecular weight is 637 g/mol. The van der Waals surface area contributed by atoms with E-state index in [0.717, 1.165) is 37.6 Å². The summed E-state index contributed by atoms with van der Waals surface area (Å²) < 4.78 is 12.2. The third kappa shape index (κ3) is 17.8. The fraction of sp³-hybridized carbons (Fsp3) is 0.513. The summed E-state index contributed by atoms with van der Waals surface area (Å²) in [5.74, 6) is 1.94. The minimum atomic E-state index is -2.08. The van der Waals surface area contributed by atoms with Gasteiger partial charge in [0.1, 0.15) is 11.5 Å². The molecule has 1 N–H and O–H groups in total. The maximum Gasteiger partial charge on any atom is 0.249 e. The quantitative estimate of drug-likeness (QED) is 0.0827. The van der Waals surface area contributed by atoms with Crippen LogP contribution in [-0.2, 0) is 10.9 Å². The van der Waals surface area contributed by atoms with Crippen molar-refractivity contribution >= 4 is 17.1 Å². The summed E-state index contributed by atoms with van der Waals surface area (Å²) in [6.45, 7) is 6.16. The van der Waals surface area contributed by atoms with Crippen LogP contribution in [0.25, 0.3) is 0 Å². The lowest BCUT2D eigenvalue weighted by Gasteiger charge is -2.11. The van der Waals surface area contributed by atoms with Gasteiger partial charge in [-0.1, -0.05) is 122 Å². The normalized spacial score (nSPS) is 10.7. The first kappa shape index (κ1) is 38.1. The molecule has 0 saturated carbocycles. The highest BCUT2D eigenvalue weighted by molar-refractivity contribution is 7.97. The molecule has 5 nitrogen and oxygen atoms in total. The zero-order valence-electron chi connectivity index (χ0n) is 27.7. The van der Waals surface area contributed by atoms with E-state index >= 15 is 0 Å². The molecular weight excluding hydrogens is 580 g/mol. The number of carbonyl (C=O) groups is 1. The number of ether oxygens (including phenoxy) is 2. The number of benzene rings is 3. The minimum Gasteiger partial charge on any atom is -0.565 e.